The van der Waals surface area contributed by atoms with Gasteiger partial charge in [0.15, 0.2) is 5.60 Å². The van der Waals surface area contributed by atoms with Gasteiger partial charge in [0.05, 0.1) is 0 Å². The zero-order chi connectivity index (χ0) is 34.7. The SMILES string of the molecule is c1ccc(N(c2ccccc2)c2ccc3c(c2)OC(c2ccccc2)(c2ccccc2)c2cc(N(c4ccccc4)c4ccccc4)ccc2-3)cc1. The van der Waals surface area contributed by atoms with Crippen molar-refractivity contribution in [1.29, 1.82) is 0 Å². The molecule has 1 aliphatic heterocycles. The van der Waals surface area contributed by atoms with Gasteiger partial charge in [0.2, 0.25) is 0 Å². The summed E-state index contributed by atoms with van der Waals surface area (Å²) >= 11 is 0. The first-order valence-corrected chi connectivity index (χ1v) is 17.7. The van der Waals surface area contributed by atoms with Gasteiger partial charge in [-0.05, 0) is 78.4 Å². The summed E-state index contributed by atoms with van der Waals surface area (Å²) in [5.41, 5.74) is 10.9. The van der Waals surface area contributed by atoms with Gasteiger partial charge in [0.25, 0.3) is 0 Å². The molecule has 0 saturated carbocycles. The van der Waals surface area contributed by atoms with E-state index in [0.717, 1.165) is 67.7 Å². The van der Waals surface area contributed by atoms with Crippen molar-refractivity contribution in [3.63, 3.8) is 0 Å². The van der Waals surface area contributed by atoms with Crippen LogP contribution in [0.4, 0.5) is 34.1 Å². The highest BCUT2D eigenvalue weighted by molar-refractivity contribution is 5.87. The maximum absolute atomic E-state index is 7.58. The third-order valence-corrected chi connectivity index (χ3v) is 9.84. The van der Waals surface area contributed by atoms with Crippen molar-refractivity contribution in [2.45, 2.75) is 5.60 Å². The Bertz CT molecular complexity index is 2300. The minimum atomic E-state index is -0.942. The maximum atomic E-state index is 7.58. The molecular formula is C49H36N2O. The van der Waals surface area contributed by atoms with Gasteiger partial charge in [-0.3, -0.25) is 0 Å². The fourth-order valence-corrected chi connectivity index (χ4v) is 7.52. The molecular weight excluding hydrogens is 633 g/mol. The highest BCUT2D eigenvalue weighted by Crippen LogP contribution is 2.54. The summed E-state index contributed by atoms with van der Waals surface area (Å²) < 4.78 is 7.58. The van der Waals surface area contributed by atoms with Crippen LogP contribution in [0.2, 0.25) is 0 Å². The van der Waals surface area contributed by atoms with E-state index in [9.17, 15) is 0 Å². The van der Waals surface area contributed by atoms with Gasteiger partial charge in [0, 0.05) is 62.4 Å². The molecule has 3 heteroatoms. The molecule has 0 unspecified atom stereocenters. The Morgan fingerprint density at radius 1 is 0.308 bits per heavy atom. The molecule has 0 atom stereocenters. The molecule has 1 heterocycles. The standard InChI is InChI=1S/C49H36N2O/c1-7-19-37(20-8-1)49(38-21-9-2-10-22-38)47-35-43(50(39-23-11-3-12-24-39)40-25-13-4-14-26-40)31-33-45(47)46-34-32-44(36-48(46)52-49)51(41-27-15-5-16-28-41)42-29-17-6-18-30-42/h1-36H. The molecule has 0 aromatic heterocycles. The first-order chi connectivity index (χ1) is 25.8. The van der Waals surface area contributed by atoms with Crippen LogP contribution in [0.15, 0.2) is 218 Å². The minimum absolute atomic E-state index is 0.824. The number of anilines is 6. The molecule has 0 spiro atoms. The van der Waals surface area contributed by atoms with Crippen LogP contribution < -0.4 is 14.5 Å². The molecule has 8 aromatic carbocycles. The third kappa shape index (κ3) is 5.49. The van der Waals surface area contributed by atoms with Crippen LogP contribution in [0.25, 0.3) is 11.1 Å². The van der Waals surface area contributed by atoms with Crippen LogP contribution >= 0.6 is 0 Å². The predicted molar refractivity (Wildman–Crippen MR) is 215 cm³/mol. The van der Waals surface area contributed by atoms with Crippen molar-refractivity contribution in [3.05, 3.63) is 235 Å². The first kappa shape index (κ1) is 31.2. The number of benzene rings is 8. The van der Waals surface area contributed by atoms with Gasteiger partial charge in [-0.15, -0.1) is 0 Å². The van der Waals surface area contributed by atoms with Crippen LogP contribution in [0.1, 0.15) is 16.7 Å². The zero-order valence-electron chi connectivity index (χ0n) is 28.6. The summed E-state index contributed by atoms with van der Waals surface area (Å²) in [6.07, 6.45) is 0. The molecule has 0 saturated heterocycles. The lowest BCUT2D eigenvalue weighted by molar-refractivity contribution is 0.152. The molecule has 248 valence electrons. The van der Waals surface area contributed by atoms with Gasteiger partial charge in [-0.1, -0.05) is 140 Å². The van der Waals surface area contributed by atoms with Crippen molar-refractivity contribution in [2.24, 2.45) is 0 Å². The Balaban J connectivity index is 1.30. The highest BCUT2D eigenvalue weighted by Gasteiger charge is 2.45. The van der Waals surface area contributed by atoms with Crippen molar-refractivity contribution < 1.29 is 4.74 Å². The second-order valence-electron chi connectivity index (χ2n) is 12.9. The van der Waals surface area contributed by atoms with Crippen LogP contribution in [0, 0.1) is 0 Å². The van der Waals surface area contributed by atoms with Crippen LogP contribution in [0.5, 0.6) is 5.75 Å². The van der Waals surface area contributed by atoms with E-state index in [1.807, 2.05) is 0 Å². The lowest BCUT2D eigenvalue weighted by Gasteiger charge is -2.42. The first-order valence-electron chi connectivity index (χ1n) is 17.7. The highest BCUT2D eigenvalue weighted by atomic mass is 16.5. The Morgan fingerprint density at radius 3 is 1.06 bits per heavy atom. The second-order valence-corrected chi connectivity index (χ2v) is 12.9. The molecule has 0 amide bonds. The lowest BCUT2D eigenvalue weighted by atomic mass is 9.75. The van der Waals surface area contributed by atoms with E-state index in [1.165, 1.54) is 0 Å². The zero-order valence-corrected chi connectivity index (χ0v) is 28.6. The molecule has 52 heavy (non-hydrogen) atoms. The van der Waals surface area contributed by atoms with Gasteiger partial charge >= 0.3 is 0 Å². The molecule has 0 radical (unpaired) electrons. The molecule has 3 nitrogen and oxygen atoms in total. The van der Waals surface area contributed by atoms with Gasteiger partial charge in [0.1, 0.15) is 5.75 Å². The fraction of sp³-hybridized carbons (Fsp3) is 0.0204. The van der Waals surface area contributed by atoms with Gasteiger partial charge in [-0.25, -0.2) is 0 Å². The number of nitrogens with zero attached hydrogens (tertiary/aromatic N) is 2. The summed E-state index contributed by atoms with van der Waals surface area (Å²) in [6, 6.07) is 76.9. The van der Waals surface area contributed by atoms with E-state index in [-0.39, 0.29) is 0 Å². The number of para-hydroxylation sites is 4. The fourth-order valence-electron chi connectivity index (χ4n) is 7.52. The molecule has 8 aromatic rings. The molecule has 0 N–H and O–H groups in total. The maximum Gasteiger partial charge on any atom is 0.185 e. The van der Waals surface area contributed by atoms with Crippen molar-refractivity contribution >= 4 is 34.1 Å². The van der Waals surface area contributed by atoms with E-state index < -0.39 is 5.60 Å². The Labute approximate surface area is 305 Å². The van der Waals surface area contributed by atoms with Crippen LogP contribution in [0.3, 0.4) is 0 Å². The molecule has 9 rings (SSSR count). The van der Waals surface area contributed by atoms with E-state index >= 15 is 0 Å². The summed E-state index contributed by atoms with van der Waals surface area (Å²) in [7, 11) is 0. The smallest absolute Gasteiger partial charge is 0.185 e. The average molecular weight is 669 g/mol. The Hall–Kier alpha value is -6.84. The molecule has 1 aliphatic rings. The number of hydrogen-bond acceptors (Lipinski definition) is 3. The summed E-state index contributed by atoms with van der Waals surface area (Å²) in [5, 5.41) is 0. The molecule has 0 fully saturated rings. The summed E-state index contributed by atoms with van der Waals surface area (Å²) in [6.45, 7) is 0. The summed E-state index contributed by atoms with van der Waals surface area (Å²) in [5.74, 6) is 0.824. The van der Waals surface area contributed by atoms with E-state index in [2.05, 4.69) is 228 Å². The van der Waals surface area contributed by atoms with Crippen LogP contribution in [-0.2, 0) is 5.60 Å². The summed E-state index contributed by atoms with van der Waals surface area (Å²) in [4.78, 5) is 4.60. The predicted octanol–water partition coefficient (Wildman–Crippen LogP) is 13.0. The quantitative estimate of drug-likeness (QED) is 0.160. The topological polar surface area (TPSA) is 15.7 Å². The van der Waals surface area contributed by atoms with E-state index in [0.29, 0.717) is 0 Å². The number of fused-ring (bicyclic) bond motifs is 3. The second kappa shape index (κ2) is 13.5. The molecule has 0 bridgehead atoms. The van der Waals surface area contributed by atoms with Crippen molar-refractivity contribution in [2.75, 3.05) is 9.80 Å². The van der Waals surface area contributed by atoms with E-state index in [1.54, 1.807) is 0 Å². The molecule has 0 aliphatic carbocycles. The minimum Gasteiger partial charge on any atom is -0.472 e. The Morgan fingerprint density at radius 2 is 0.654 bits per heavy atom. The van der Waals surface area contributed by atoms with Crippen molar-refractivity contribution in [1.82, 2.24) is 0 Å². The van der Waals surface area contributed by atoms with Gasteiger partial charge < -0.3 is 14.5 Å². The van der Waals surface area contributed by atoms with Gasteiger partial charge in [-0.2, -0.15) is 0 Å². The van der Waals surface area contributed by atoms with Crippen LogP contribution in [-0.4, -0.2) is 0 Å². The van der Waals surface area contributed by atoms with Crippen molar-refractivity contribution in [3.8, 4) is 16.9 Å². The monoisotopic (exact) mass is 668 g/mol. The number of rotatable bonds is 8. The Kier molecular flexibility index (Phi) is 8.07. The lowest BCUT2D eigenvalue weighted by Crippen LogP contribution is -2.39. The number of ether oxygens (including phenoxy) is 1. The largest absolute Gasteiger partial charge is 0.472 e. The number of hydrogen-bond donors (Lipinski definition) is 0. The normalized spacial score (nSPS) is 12.5. The van der Waals surface area contributed by atoms with E-state index in [4.69, 9.17) is 4.74 Å². The average Bonchev–Trinajstić information content (AvgIpc) is 3.23. The third-order valence-electron chi connectivity index (χ3n) is 9.84.